The number of carbonyl (C=O) groups excluding carboxylic acids is 1. The van der Waals surface area contributed by atoms with E-state index >= 15 is 0 Å². The Hall–Kier alpha value is -1.06. The predicted molar refractivity (Wildman–Crippen MR) is 83.0 cm³/mol. The molecule has 2 atom stereocenters. The highest BCUT2D eigenvalue weighted by Crippen LogP contribution is 2.51. The fourth-order valence-corrected chi connectivity index (χ4v) is 3.02. The minimum atomic E-state index is 0. The molecule has 0 spiro atoms. The molecule has 0 saturated heterocycles. The first-order chi connectivity index (χ1) is 9.08. The number of hydrogen-bond acceptors (Lipinski definition) is 2. The second-order valence-electron chi connectivity index (χ2n) is 6.45. The molecule has 1 aromatic rings. The number of carbonyl (C=O) groups is 1. The van der Waals surface area contributed by atoms with Gasteiger partial charge in [0, 0.05) is 18.5 Å². The Balaban J connectivity index is 0.00000147. The van der Waals surface area contributed by atoms with Crippen molar-refractivity contribution in [2.45, 2.75) is 32.7 Å². The summed E-state index contributed by atoms with van der Waals surface area (Å²) in [6, 6.07) is 8.78. The van der Waals surface area contributed by atoms with Crippen LogP contribution in [0.4, 0.5) is 0 Å². The Bertz CT molecular complexity index is 501. The number of halogens is 1. The van der Waals surface area contributed by atoms with Crippen molar-refractivity contribution >= 4 is 18.3 Å². The Kier molecular flexibility index (Phi) is 4.40. The van der Waals surface area contributed by atoms with Crippen molar-refractivity contribution < 1.29 is 4.79 Å². The van der Waals surface area contributed by atoms with Gasteiger partial charge in [-0.3, -0.25) is 4.79 Å². The van der Waals surface area contributed by atoms with Crippen LogP contribution in [-0.4, -0.2) is 19.0 Å². The van der Waals surface area contributed by atoms with Crippen LogP contribution in [0.3, 0.4) is 0 Å². The lowest BCUT2D eigenvalue weighted by molar-refractivity contribution is -0.123. The van der Waals surface area contributed by atoms with Gasteiger partial charge in [-0.1, -0.05) is 38.1 Å². The molecule has 1 aromatic carbocycles. The third-order valence-electron chi connectivity index (χ3n) is 4.53. The zero-order valence-corrected chi connectivity index (χ0v) is 12.9. The fraction of sp³-hybridized carbons (Fsp3) is 0.562. The quantitative estimate of drug-likeness (QED) is 0.899. The molecule has 0 bridgehead atoms. The van der Waals surface area contributed by atoms with Crippen LogP contribution in [-0.2, 0) is 11.2 Å². The molecule has 110 valence electrons. The van der Waals surface area contributed by atoms with Crippen LogP contribution in [0.2, 0.25) is 0 Å². The number of fused-ring (bicyclic) bond motifs is 1. The van der Waals surface area contributed by atoms with Crippen LogP contribution >= 0.6 is 12.4 Å². The van der Waals surface area contributed by atoms with Crippen molar-refractivity contribution in [2.24, 2.45) is 11.3 Å². The third kappa shape index (κ3) is 2.99. The van der Waals surface area contributed by atoms with Crippen molar-refractivity contribution in [2.75, 3.05) is 13.1 Å². The van der Waals surface area contributed by atoms with Gasteiger partial charge >= 0.3 is 0 Å². The number of rotatable bonds is 3. The summed E-state index contributed by atoms with van der Waals surface area (Å²) in [5, 5.41) is 6.61. The van der Waals surface area contributed by atoms with Crippen molar-refractivity contribution in [3.63, 3.8) is 0 Å². The molecule has 1 heterocycles. The van der Waals surface area contributed by atoms with E-state index in [1.54, 1.807) is 0 Å². The number of benzene rings is 1. The van der Waals surface area contributed by atoms with Gasteiger partial charge in [-0.2, -0.15) is 0 Å². The lowest BCUT2D eigenvalue weighted by Gasteiger charge is -2.27. The molecule has 1 saturated carbocycles. The van der Waals surface area contributed by atoms with E-state index < -0.39 is 0 Å². The third-order valence-corrected chi connectivity index (χ3v) is 4.53. The highest BCUT2D eigenvalue weighted by molar-refractivity contribution is 5.85. The summed E-state index contributed by atoms with van der Waals surface area (Å²) in [6.07, 6.45) is 2.10. The van der Waals surface area contributed by atoms with Gasteiger partial charge < -0.3 is 10.6 Å². The summed E-state index contributed by atoms with van der Waals surface area (Å²) in [5.74, 6) is 0.432. The minimum absolute atomic E-state index is 0. The normalized spacial score (nSPS) is 26.1. The van der Waals surface area contributed by atoms with Crippen molar-refractivity contribution in [3.8, 4) is 0 Å². The van der Waals surface area contributed by atoms with Crippen LogP contribution in [0.15, 0.2) is 24.3 Å². The van der Waals surface area contributed by atoms with Crippen molar-refractivity contribution in [1.29, 1.82) is 0 Å². The average molecular weight is 295 g/mol. The first-order valence-electron chi connectivity index (χ1n) is 7.17. The molecule has 0 radical (unpaired) electrons. The second kappa shape index (κ2) is 5.74. The molecule has 3 nitrogen and oxygen atoms in total. The molecular weight excluding hydrogens is 272 g/mol. The molecule has 3 rings (SSSR count). The van der Waals surface area contributed by atoms with E-state index in [4.69, 9.17) is 0 Å². The van der Waals surface area contributed by atoms with E-state index in [1.807, 2.05) is 0 Å². The summed E-state index contributed by atoms with van der Waals surface area (Å²) >= 11 is 0. The summed E-state index contributed by atoms with van der Waals surface area (Å²) < 4.78 is 0. The van der Waals surface area contributed by atoms with E-state index in [1.165, 1.54) is 11.1 Å². The molecule has 0 aromatic heterocycles. The van der Waals surface area contributed by atoms with Crippen LogP contribution in [0, 0.1) is 11.3 Å². The van der Waals surface area contributed by atoms with Gasteiger partial charge in [-0.15, -0.1) is 12.4 Å². The summed E-state index contributed by atoms with van der Waals surface area (Å²) in [5.41, 5.74) is 2.96. The minimum Gasteiger partial charge on any atom is -0.354 e. The van der Waals surface area contributed by atoms with E-state index in [0.717, 1.165) is 19.4 Å². The molecular formula is C16H23ClN2O. The maximum Gasteiger partial charge on any atom is 0.223 e. The van der Waals surface area contributed by atoms with E-state index in [2.05, 4.69) is 48.7 Å². The van der Waals surface area contributed by atoms with Crippen LogP contribution in [0.25, 0.3) is 0 Å². The van der Waals surface area contributed by atoms with Gasteiger partial charge in [0.25, 0.3) is 0 Å². The van der Waals surface area contributed by atoms with Gasteiger partial charge in [0.05, 0.1) is 0 Å². The van der Waals surface area contributed by atoms with E-state index in [-0.39, 0.29) is 35.7 Å². The summed E-state index contributed by atoms with van der Waals surface area (Å²) in [6.45, 7) is 6.01. The SMILES string of the molecule is CC1(C)CC1C(=O)NCC1NCCc2ccccc21.Cl. The number of nitrogens with one attached hydrogen (secondary N) is 2. The van der Waals surface area contributed by atoms with E-state index in [0.29, 0.717) is 6.54 Å². The standard InChI is InChI=1S/C16H22N2O.ClH/c1-16(2)9-13(16)15(19)18-10-14-12-6-4-3-5-11(12)7-8-17-14;/h3-6,13-14,17H,7-10H2,1-2H3,(H,18,19);1H. The Morgan fingerprint density at radius 2 is 2.10 bits per heavy atom. The molecule has 1 fully saturated rings. The maximum absolute atomic E-state index is 12.0. The largest absolute Gasteiger partial charge is 0.354 e. The van der Waals surface area contributed by atoms with Gasteiger partial charge in [0.2, 0.25) is 5.91 Å². The predicted octanol–water partition coefficient (Wildman–Crippen LogP) is 2.46. The molecule has 1 aliphatic carbocycles. The molecule has 2 N–H and O–H groups in total. The van der Waals surface area contributed by atoms with Gasteiger partial charge in [0.15, 0.2) is 0 Å². The topological polar surface area (TPSA) is 41.1 Å². The number of hydrogen-bond donors (Lipinski definition) is 2. The summed E-state index contributed by atoms with van der Waals surface area (Å²) in [4.78, 5) is 12.0. The lowest BCUT2D eigenvalue weighted by atomic mass is 9.94. The molecule has 4 heteroatoms. The highest BCUT2D eigenvalue weighted by Gasteiger charge is 2.50. The van der Waals surface area contributed by atoms with Gasteiger partial charge in [-0.05, 0) is 35.9 Å². The highest BCUT2D eigenvalue weighted by atomic mass is 35.5. The van der Waals surface area contributed by atoms with Crippen LogP contribution in [0.5, 0.6) is 0 Å². The molecule has 20 heavy (non-hydrogen) atoms. The Morgan fingerprint density at radius 3 is 2.80 bits per heavy atom. The fourth-order valence-electron chi connectivity index (χ4n) is 3.02. The Labute approximate surface area is 126 Å². The van der Waals surface area contributed by atoms with Crippen LogP contribution < -0.4 is 10.6 Å². The Morgan fingerprint density at radius 1 is 1.40 bits per heavy atom. The average Bonchev–Trinajstić information content (AvgIpc) is 3.05. The monoisotopic (exact) mass is 294 g/mol. The molecule has 2 aliphatic rings. The smallest absolute Gasteiger partial charge is 0.223 e. The van der Waals surface area contributed by atoms with E-state index in [9.17, 15) is 4.79 Å². The van der Waals surface area contributed by atoms with Gasteiger partial charge in [-0.25, -0.2) is 0 Å². The summed E-state index contributed by atoms with van der Waals surface area (Å²) in [7, 11) is 0. The van der Waals surface area contributed by atoms with Gasteiger partial charge in [0.1, 0.15) is 0 Å². The second-order valence-corrected chi connectivity index (χ2v) is 6.45. The molecule has 2 unspecified atom stereocenters. The van der Waals surface area contributed by atoms with Crippen LogP contribution in [0.1, 0.15) is 37.4 Å². The molecule has 1 amide bonds. The van der Waals surface area contributed by atoms with Crippen molar-refractivity contribution in [1.82, 2.24) is 10.6 Å². The first-order valence-corrected chi connectivity index (χ1v) is 7.17. The zero-order valence-electron chi connectivity index (χ0n) is 12.1. The first kappa shape index (κ1) is 15.3. The maximum atomic E-state index is 12.0. The lowest BCUT2D eigenvalue weighted by Crippen LogP contribution is -2.39. The zero-order chi connectivity index (χ0) is 13.5. The van der Waals surface area contributed by atoms with Crippen molar-refractivity contribution in [3.05, 3.63) is 35.4 Å². The number of amides is 1. The molecule has 1 aliphatic heterocycles.